The van der Waals surface area contributed by atoms with Gasteiger partial charge >= 0.3 is 5.97 Å². The molecule has 0 bridgehead atoms. The number of benzene rings is 3. The van der Waals surface area contributed by atoms with Crippen molar-refractivity contribution in [1.82, 2.24) is 10.6 Å². The highest BCUT2D eigenvalue weighted by Crippen LogP contribution is 2.20. The number of carbonyl (C=O) groups excluding carboxylic acids is 2. The van der Waals surface area contributed by atoms with E-state index in [9.17, 15) is 23.9 Å². The van der Waals surface area contributed by atoms with Crippen LogP contribution in [0.2, 0.25) is 0 Å². The standard InChI is InChI=1S/C26H25FN2O4/c1-17(30)28-23(16-19-6-5-9-22(27)14-19)25(31)29-24(26(32)33)15-18-10-12-21(13-11-18)20-7-3-2-4-8-20/h2-14,23-24H,15-16H2,1H3,(H,28,30)(H,29,31)(H,32,33)/t23-,24+/m0/s1. The minimum atomic E-state index is -1.19. The zero-order chi connectivity index (χ0) is 23.8. The summed E-state index contributed by atoms with van der Waals surface area (Å²) < 4.78 is 13.5. The summed E-state index contributed by atoms with van der Waals surface area (Å²) in [5.41, 5.74) is 3.29. The summed E-state index contributed by atoms with van der Waals surface area (Å²) in [6.45, 7) is 1.26. The van der Waals surface area contributed by atoms with E-state index in [2.05, 4.69) is 10.6 Å². The molecule has 0 spiro atoms. The van der Waals surface area contributed by atoms with Crippen LogP contribution in [0, 0.1) is 5.82 Å². The molecule has 0 aliphatic heterocycles. The fourth-order valence-corrected chi connectivity index (χ4v) is 3.53. The molecule has 6 nitrogen and oxygen atoms in total. The summed E-state index contributed by atoms with van der Waals surface area (Å²) in [4.78, 5) is 36.2. The summed E-state index contributed by atoms with van der Waals surface area (Å²) in [6, 6.07) is 20.7. The highest BCUT2D eigenvalue weighted by atomic mass is 19.1. The SMILES string of the molecule is CC(=O)N[C@@H](Cc1cccc(F)c1)C(=O)N[C@H](Cc1ccc(-c2ccccc2)cc1)C(=O)O. The second-order valence-electron chi connectivity index (χ2n) is 7.75. The second kappa shape index (κ2) is 11.0. The zero-order valence-corrected chi connectivity index (χ0v) is 18.1. The molecular weight excluding hydrogens is 423 g/mol. The van der Waals surface area contributed by atoms with Crippen molar-refractivity contribution in [2.45, 2.75) is 31.8 Å². The van der Waals surface area contributed by atoms with E-state index >= 15 is 0 Å². The van der Waals surface area contributed by atoms with E-state index in [-0.39, 0.29) is 12.8 Å². The lowest BCUT2D eigenvalue weighted by Gasteiger charge is -2.21. The first-order valence-electron chi connectivity index (χ1n) is 10.5. The zero-order valence-electron chi connectivity index (χ0n) is 18.1. The number of nitrogens with one attached hydrogen (secondary N) is 2. The number of hydrogen-bond donors (Lipinski definition) is 3. The Balaban J connectivity index is 1.70. The minimum absolute atomic E-state index is 0.0291. The van der Waals surface area contributed by atoms with E-state index in [0.29, 0.717) is 5.56 Å². The van der Waals surface area contributed by atoms with Gasteiger partial charge in [-0.1, -0.05) is 66.7 Å². The number of halogens is 1. The van der Waals surface area contributed by atoms with Gasteiger partial charge < -0.3 is 15.7 Å². The molecule has 3 aromatic carbocycles. The Bertz CT molecular complexity index is 1120. The van der Waals surface area contributed by atoms with Crippen molar-refractivity contribution in [2.75, 3.05) is 0 Å². The quantitative estimate of drug-likeness (QED) is 0.468. The molecule has 0 saturated heterocycles. The third-order valence-electron chi connectivity index (χ3n) is 5.14. The van der Waals surface area contributed by atoms with Crippen LogP contribution in [-0.2, 0) is 27.2 Å². The first-order valence-corrected chi connectivity index (χ1v) is 10.5. The molecule has 170 valence electrons. The number of carboxylic acids is 1. The molecule has 2 atom stereocenters. The smallest absolute Gasteiger partial charge is 0.326 e. The van der Waals surface area contributed by atoms with Crippen LogP contribution < -0.4 is 10.6 Å². The Morgan fingerprint density at radius 3 is 2.03 bits per heavy atom. The average Bonchev–Trinajstić information content (AvgIpc) is 2.79. The first kappa shape index (κ1) is 23.7. The van der Waals surface area contributed by atoms with Gasteiger partial charge in [-0.25, -0.2) is 9.18 Å². The maximum absolute atomic E-state index is 13.5. The Kier molecular flexibility index (Phi) is 7.91. The van der Waals surface area contributed by atoms with Gasteiger partial charge in [0.2, 0.25) is 11.8 Å². The Hall–Kier alpha value is -4.00. The van der Waals surface area contributed by atoms with Crippen LogP contribution in [0.4, 0.5) is 4.39 Å². The highest BCUT2D eigenvalue weighted by Gasteiger charge is 2.26. The fraction of sp³-hybridized carbons (Fsp3) is 0.192. The number of carbonyl (C=O) groups is 3. The number of carboxylic acid groups (broad SMARTS) is 1. The minimum Gasteiger partial charge on any atom is -0.480 e. The van der Waals surface area contributed by atoms with E-state index in [1.165, 1.54) is 25.1 Å². The average molecular weight is 448 g/mol. The molecule has 0 heterocycles. The third-order valence-corrected chi connectivity index (χ3v) is 5.14. The summed E-state index contributed by atoms with van der Waals surface area (Å²) in [5, 5.41) is 14.7. The molecule has 0 aliphatic rings. The third kappa shape index (κ3) is 7.00. The molecule has 0 unspecified atom stereocenters. The van der Waals surface area contributed by atoms with Crippen molar-refractivity contribution in [1.29, 1.82) is 0 Å². The highest BCUT2D eigenvalue weighted by molar-refractivity contribution is 5.90. The number of aliphatic carboxylic acids is 1. The van der Waals surface area contributed by atoms with Crippen LogP contribution in [-0.4, -0.2) is 35.0 Å². The van der Waals surface area contributed by atoms with Crippen molar-refractivity contribution in [2.24, 2.45) is 0 Å². The molecule has 3 aromatic rings. The van der Waals surface area contributed by atoms with Crippen LogP contribution >= 0.6 is 0 Å². The van der Waals surface area contributed by atoms with E-state index in [1.54, 1.807) is 6.07 Å². The first-order chi connectivity index (χ1) is 15.8. The van der Waals surface area contributed by atoms with Crippen molar-refractivity contribution in [3.05, 3.63) is 95.8 Å². The lowest BCUT2D eigenvalue weighted by molar-refractivity contribution is -0.142. The van der Waals surface area contributed by atoms with Gasteiger partial charge in [-0.15, -0.1) is 0 Å². The summed E-state index contributed by atoms with van der Waals surface area (Å²) >= 11 is 0. The van der Waals surface area contributed by atoms with Crippen LogP contribution in [0.5, 0.6) is 0 Å². The molecule has 0 fully saturated rings. The summed E-state index contributed by atoms with van der Waals surface area (Å²) in [7, 11) is 0. The number of rotatable bonds is 9. The molecule has 3 rings (SSSR count). The molecule has 2 amide bonds. The van der Waals surface area contributed by atoms with Gasteiger partial charge in [0.1, 0.15) is 17.9 Å². The van der Waals surface area contributed by atoms with Crippen LogP contribution in [0.3, 0.4) is 0 Å². The van der Waals surface area contributed by atoms with Crippen LogP contribution in [0.15, 0.2) is 78.9 Å². The molecule has 0 radical (unpaired) electrons. The number of amides is 2. The van der Waals surface area contributed by atoms with E-state index in [0.717, 1.165) is 16.7 Å². The lowest BCUT2D eigenvalue weighted by atomic mass is 10.00. The van der Waals surface area contributed by atoms with Gasteiger partial charge in [0.25, 0.3) is 0 Å². The van der Waals surface area contributed by atoms with Crippen LogP contribution in [0.25, 0.3) is 11.1 Å². The van der Waals surface area contributed by atoms with Crippen LogP contribution in [0.1, 0.15) is 18.1 Å². The molecule has 7 heteroatoms. The van der Waals surface area contributed by atoms with E-state index in [1.807, 2.05) is 54.6 Å². The van der Waals surface area contributed by atoms with Crippen molar-refractivity contribution < 1.29 is 23.9 Å². The van der Waals surface area contributed by atoms with Crippen molar-refractivity contribution in [3.63, 3.8) is 0 Å². The maximum atomic E-state index is 13.5. The van der Waals surface area contributed by atoms with Crippen molar-refractivity contribution >= 4 is 17.8 Å². The maximum Gasteiger partial charge on any atom is 0.326 e. The lowest BCUT2D eigenvalue weighted by Crippen LogP contribution is -2.52. The Labute approximate surface area is 191 Å². The molecule has 0 aliphatic carbocycles. The summed E-state index contributed by atoms with van der Waals surface area (Å²) in [6.07, 6.45) is 0.101. The van der Waals surface area contributed by atoms with Gasteiger partial charge in [0, 0.05) is 19.8 Å². The van der Waals surface area contributed by atoms with E-state index in [4.69, 9.17) is 0 Å². The van der Waals surface area contributed by atoms with Gasteiger partial charge in [-0.3, -0.25) is 9.59 Å². The van der Waals surface area contributed by atoms with Gasteiger partial charge in [0.05, 0.1) is 0 Å². The predicted octanol–water partition coefficient (Wildman–Crippen LogP) is 3.35. The molecule has 3 N–H and O–H groups in total. The topological polar surface area (TPSA) is 95.5 Å². The molecular formula is C26H25FN2O4. The largest absolute Gasteiger partial charge is 0.480 e. The molecule has 33 heavy (non-hydrogen) atoms. The summed E-state index contributed by atoms with van der Waals surface area (Å²) in [5.74, 6) is -2.75. The molecule has 0 saturated carbocycles. The van der Waals surface area contributed by atoms with Gasteiger partial charge in [-0.05, 0) is 34.4 Å². The Morgan fingerprint density at radius 1 is 0.788 bits per heavy atom. The van der Waals surface area contributed by atoms with E-state index < -0.39 is 35.7 Å². The van der Waals surface area contributed by atoms with Crippen molar-refractivity contribution in [3.8, 4) is 11.1 Å². The predicted molar refractivity (Wildman–Crippen MR) is 123 cm³/mol. The fourth-order valence-electron chi connectivity index (χ4n) is 3.53. The Morgan fingerprint density at radius 2 is 1.42 bits per heavy atom. The number of hydrogen-bond acceptors (Lipinski definition) is 3. The van der Waals surface area contributed by atoms with Gasteiger partial charge in [0.15, 0.2) is 0 Å². The second-order valence-corrected chi connectivity index (χ2v) is 7.75. The molecule has 0 aromatic heterocycles. The normalized spacial score (nSPS) is 12.4. The monoisotopic (exact) mass is 448 g/mol. The van der Waals surface area contributed by atoms with Gasteiger partial charge in [-0.2, -0.15) is 0 Å².